The van der Waals surface area contributed by atoms with E-state index in [1.807, 2.05) is 35.2 Å². The summed E-state index contributed by atoms with van der Waals surface area (Å²) in [6.45, 7) is 9.22. The average molecular weight is 467 g/mol. The lowest BCUT2D eigenvalue weighted by molar-refractivity contribution is -0.142. The lowest BCUT2D eigenvalue weighted by Crippen LogP contribution is -2.60. The molecule has 5 rings (SSSR count). The molecule has 7 atom stereocenters. The number of fused-ring (bicyclic) bond motifs is 5. The van der Waals surface area contributed by atoms with E-state index in [2.05, 4.69) is 31.8 Å². The van der Waals surface area contributed by atoms with Gasteiger partial charge in [-0.3, -0.25) is 9.59 Å². The van der Waals surface area contributed by atoms with Crippen LogP contribution in [0.3, 0.4) is 0 Å². The molecule has 33 heavy (non-hydrogen) atoms. The number of para-hydroxylation sites is 1. The van der Waals surface area contributed by atoms with Crippen LogP contribution in [0.5, 0.6) is 0 Å². The van der Waals surface area contributed by atoms with Crippen molar-refractivity contribution in [1.29, 1.82) is 0 Å². The minimum Gasteiger partial charge on any atom is -0.332 e. The molecule has 0 bridgehead atoms. The zero-order chi connectivity index (χ0) is 23.4. The van der Waals surface area contributed by atoms with Crippen LogP contribution in [-0.2, 0) is 9.59 Å². The standard InChI is InChI=1S/C28H35ClN2O2/c1-4-17-31-24-12-9-18-19-10-11-21(26(33)30-23-8-6-5-7-22(23)29)27(19,2)15-13-20(18)28(24,3)16-14-25(31)32/h4-8,14,16,18-21,24H,1,9-13,15,17H2,2-3H3,(H,30,33)/t18-,19-,20-,21+,24+,27-,28+/m0/s1. The second-order valence-electron chi connectivity index (χ2n) is 11.1. The molecule has 0 unspecified atom stereocenters. The van der Waals surface area contributed by atoms with Gasteiger partial charge in [-0.05, 0) is 79.9 Å². The molecule has 3 fully saturated rings. The third-order valence-corrected chi connectivity index (χ3v) is 10.1. The number of halogens is 1. The number of benzene rings is 1. The van der Waals surface area contributed by atoms with Crippen LogP contribution in [-0.4, -0.2) is 29.3 Å². The molecule has 0 saturated heterocycles. The molecule has 4 aliphatic rings. The number of nitrogens with one attached hydrogen (secondary N) is 1. The normalized spacial score (nSPS) is 39.4. The van der Waals surface area contributed by atoms with Crippen LogP contribution in [0.1, 0.15) is 52.4 Å². The van der Waals surface area contributed by atoms with Gasteiger partial charge in [0, 0.05) is 23.9 Å². The molecule has 0 spiro atoms. The predicted molar refractivity (Wildman–Crippen MR) is 133 cm³/mol. The maximum atomic E-state index is 13.4. The van der Waals surface area contributed by atoms with Gasteiger partial charge in [-0.15, -0.1) is 6.58 Å². The van der Waals surface area contributed by atoms with E-state index in [4.69, 9.17) is 11.6 Å². The van der Waals surface area contributed by atoms with Crippen molar-refractivity contribution in [3.8, 4) is 0 Å². The number of rotatable bonds is 4. The highest BCUT2D eigenvalue weighted by molar-refractivity contribution is 6.33. The lowest BCUT2D eigenvalue weighted by atomic mass is 9.47. The van der Waals surface area contributed by atoms with E-state index in [1.54, 1.807) is 6.08 Å². The Bertz CT molecular complexity index is 1010. The lowest BCUT2D eigenvalue weighted by Gasteiger charge is -2.60. The summed E-state index contributed by atoms with van der Waals surface area (Å²) >= 11 is 6.31. The van der Waals surface area contributed by atoms with E-state index in [9.17, 15) is 9.59 Å². The minimum absolute atomic E-state index is 0.000917. The smallest absolute Gasteiger partial charge is 0.246 e. The molecule has 0 radical (unpaired) electrons. The molecule has 0 aromatic heterocycles. The van der Waals surface area contributed by atoms with E-state index >= 15 is 0 Å². The Balaban J connectivity index is 1.38. The summed E-state index contributed by atoms with van der Waals surface area (Å²) in [6, 6.07) is 7.73. The Kier molecular flexibility index (Phi) is 5.71. The fourth-order valence-electron chi connectivity index (χ4n) is 8.17. The fraction of sp³-hybridized carbons (Fsp3) is 0.571. The van der Waals surface area contributed by atoms with Crippen molar-refractivity contribution in [1.82, 2.24) is 4.90 Å². The van der Waals surface area contributed by atoms with Crippen molar-refractivity contribution in [2.45, 2.75) is 58.4 Å². The maximum Gasteiger partial charge on any atom is 0.246 e. The highest BCUT2D eigenvalue weighted by Gasteiger charge is 2.61. The topological polar surface area (TPSA) is 49.4 Å². The molecule has 1 aromatic rings. The van der Waals surface area contributed by atoms with Gasteiger partial charge in [-0.25, -0.2) is 0 Å². The van der Waals surface area contributed by atoms with Crippen LogP contribution in [0, 0.1) is 34.5 Å². The van der Waals surface area contributed by atoms with Gasteiger partial charge in [0.25, 0.3) is 0 Å². The summed E-state index contributed by atoms with van der Waals surface area (Å²) in [6.07, 6.45) is 12.3. The van der Waals surface area contributed by atoms with E-state index in [1.165, 1.54) is 0 Å². The first kappa shape index (κ1) is 22.7. The highest BCUT2D eigenvalue weighted by Crippen LogP contribution is 2.65. The van der Waals surface area contributed by atoms with Crippen molar-refractivity contribution in [3.05, 3.63) is 54.1 Å². The second-order valence-corrected chi connectivity index (χ2v) is 11.5. The van der Waals surface area contributed by atoms with Crippen molar-refractivity contribution < 1.29 is 9.59 Å². The van der Waals surface area contributed by atoms with Gasteiger partial charge in [0.05, 0.1) is 10.7 Å². The quantitative estimate of drug-likeness (QED) is 0.546. The van der Waals surface area contributed by atoms with Crippen molar-refractivity contribution in [2.75, 3.05) is 11.9 Å². The zero-order valence-corrected chi connectivity index (χ0v) is 20.5. The molecular formula is C28H35ClN2O2. The molecule has 3 saturated carbocycles. The first-order chi connectivity index (χ1) is 15.8. The van der Waals surface area contributed by atoms with Crippen LogP contribution in [0.4, 0.5) is 5.69 Å². The Morgan fingerprint density at radius 1 is 1.18 bits per heavy atom. The molecule has 2 amide bonds. The summed E-state index contributed by atoms with van der Waals surface area (Å²) < 4.78 is 0. The molecule has 4 nitrogen and oxygen atoms in total. The van der Waals surface area contributed by atoms with E-state index < -0.39 is 0 Å². The average Bonchev–Trinajstić information content (AvgIpc) is 3.15. The number of carbonyl (C=O) groups excluding carboxylic acids is 2. The second kappa shape index (κ2) is 8.30. The highest BCUT2D eigenvalue weighted by atomic mass is 35.5. The first-order valence-corrected chi connectivity index (χ1v) is 12.8. The molecular weight excluding hydrogens is 432 g/mol. The molecule has 1 N–H and O–H groups in total. The number of hydrogen-bond donors (Lipinski definition) is 1. The zero-order valence-electron chi connectivity index (χ0n) is 19.7. The Morgan fingerprint density at radius 2 is 1.97 bits per heavy atom. The molecule has 3 aliphatic carbocycles. The van der Waals surface area contributed by atoms with Crippen LogP contribution in [0.15, 0.2) is 49.1 Å². The van der Waals surface area contributed by atoms with E-state index in [-0.39, 0.29) is 34.6 Å². The Labute approximate surface area is 202 Å². The SMILES string of the molecule is C=CCN1C(=O)C=C[C@]2(C)[C@H]3CC[C@]4(C)[C@@H](C(=O)Nc5ccccc5Cl)CC[C@H]4[C@@H]3CC[C@@H]12. The molecule has 1 aromatic carbocycles. The van der Waals surface area contributed by atoms with Crippen LogP contribution < -0.4 is 5.32 Å². The van der Waals surface area contributed by atoms with E-state index in [0.717, 1.165) is 38.5 Å². The summed E-state index contributed by atoms with van der Waals surface area (Å²) in [5.74, 6) is 1.96. The third kappa shape index (κ3) is 3.48. The van der Waals surface area contributed by atoms with Gasteiger partial charge in [-0.2, -0.15) is 0 Å². The first-order valence-electron chi connectivity index (χ1n) is 12.5. The summed E-state index contributed by atoms with van der Waals surface area (Å²) in [5.41, 5.74) is 0.723. The van der Waals surface area contributed by atoms with E-state index in [0.29, 0.717) is 35.0 Å². The Morgan fingerprint density at radius 3 is 2.73 bits per heavy atom. The summed E-state index contributed by atoms with van der Waals surface area (Å²) in [5, 5.41) is 3.71. The van der Waals surface area contributed by atoms with Gasteiger partial charge in [0.2, 0.25) is 11.8 Å². The van der Waals surface area contributed by atoms with Gasteiger partial charge < -0.3 is 10.2 Å². The molecule has 5 heteroatoms. The predicted octanol–water partition coefficient (Wildman–Crippen LogP) is 6.09. The van der Waals surface area contributed by atoms with Gasteiger partial charge in [0.15, 0.2) is 0 Å². The number of anilines is 1. The third-order valence-electron chi connectivity index (χ3n) is 9.75. The van der Waals surface area contributed by atoms with Gasteiger partial charge in [0.1, 0.15) is 0 Å². The number of amides is 2. The number of hydrogen-bond acceptors (Lipinski definition) is 2. The fourth-order valence-corrected chi connectivity index (χ4v) is 8.35. The monoisotopic (exact) mass is 466 g/mol. The minimum atomic E-state index is -0.000917. The Hall–Kier alpha value is -2.07. The summed E-state index contributed by atoms with van der Waals surface area (Å²) in [7, 11) is 0. The number of nitrogens with zero attached hydrogens (tertiary/aromatic N) is 1. The van der Waals surface area contributed by atoms with Crippen LogP contribution >= 0.6 is 11.6 Å². The summed E-state index contributed by atoms with van der Waals surface area (Å²) in [4.78, 5) is 28.0. The van der Waals surface area contributed by atoms with Crippen molar-refractivity contribution in [2.24, 2.45) is 34.5 Å². The molecule has 1 heterocycles. The van der Waals surface area contributed by atoms with Crippen LogP contribution in [0.2, 0.25) is 5.02 Å². The van der Waals surface area contributed by atoms with Crippen molar-refractivity contribution >= 4 is 29.1 Å². The number of carbonyl (C=O) groups is 2. The van der Waals surface area contributed by atoms with Gasteiger partial charge >= 0.3 is 0 Å². The molecule has 1 aliphatic heterocycles. The van der Waals surface area contributed by atoms with Crippen LogP contribution in [0.25, 0.3) is 0 Å². The van der Waals surface area contributed by atoms with Gasteiger partial charge in [-0.1, -0.05) is 49.7 Å². The maximum absolute atomic E-state index is 13.4. The molecule has 176 valence electrons. The largest absolute Gasteiger partial charge is 0.332 e. The van der Waals surface area contributed by atoms with Crippen molar-refractivity contribution in [3.63, 3.8) is 0 Å².